The lowest BCUT2D eigenvalue weighted by Crippen LogP contribution is -2.53. The van der Waals surface area contributed by atoms with E-state index < -0.39 is 30.0 Å². The van der Waals surface area contributed by atoms with Gasteiger partial charge in [0.15, 0.2) is 5.69 Å². The Morgan fingerprint density at radius 2 is 1.82 bits per heavy atom. The van der Waals surface area contributed by atoms with Gasteiger partial charge >= 0.3 is 12.0 Å². The van der Waals surface area contributed by atoms with Crippen molar-refractivity contribution in [3.05, 3.63) is 53.4 Å². The molecule has 0 saturated heterocycles. The van der Waals surface area contributed by atoms with Crippen molar-refractivity contribution in [1.29, 1.82) is 0 Å². The zero-order valence-electron chi connectivity index (χ0n) is 23.4. The Hall–Kier alpha value is -3.86. The molecule has 1 aromatic carbocycles. The van der Waals surface area contributed by atoms with Crippen LogP contribution in [0, 0.1) is 12.8 Å². The number of oxazole rings is 1. The van der Waals surface area contributed by atoms with Crippen LogP contribution in [0.25, 0.3) is 10.9 Å². The average molecular weight is 554 g/mol. The lowest BCUT2D eigenvalue weighted by Gasteiger charge is -2.28. The summed E-state index contributed by atoms with van der Waals surface area (Å²) in [5.74, 6) is -1.28. The molecule has 2 aromatic heterocycles. The van der Waals surface area contributed by atoms with Gasteiger partial charge in [-0.15, -0.1) is 0 Å². The van der Waals surface area contributed by atoms with Gasteiger partial charge in [0, 0.05) is 36.6 Å². The minimum absolute atomic E-state index is 0.0602. The number of urea groups is 1. The molecule has 5 N–H and O–H groups in total. The smallest absolute Gasteiger partial charge is 0.358 e. The summed E-state index contributed by atoms with van der Waals surface area (Å²) in [5.41, 5.74) is 1.74. The topological polar surface area (TPSA) is 159 Å². The molecule has 0 unspecified atom stereocenters. The molecule has 216 valence electrons. The van der Waals surface area contributed by atoms with Gasteiger partial charge in [0.05, 0.1) is 6.10 Å². The van der Waals surface area contributed by atoms with E-state index in [0.29, 0.717) is 38.5 Å². The summed E-state index contributed by atoms with van der Waals surface area (Å²) in [5, 5.41) is 29.0. The molecule has 3 aromatic rings. The molecule has 0 spiro atoms. The molecule has 11 heteroatoms. The summed E-state index contributed by atoms with van der Waals surface area (Å²) in [6, 6.07) is 5.77. The number of rotatable bonds is 10. The number of nitrogens with one attached hydrogen (secondary N) is 3. The summed E-state index contributed by atoms with van der Waals surface area (Å²) < 4.78 is 7.74. The molecule has 40 heavy (non-hydrogen) atoms. The third-order valence-electron chi connectivity index (χ3n) is 7.39. The molecule has 1 saturated carbocycles. The highest BCUT2D eigenvalue weighted by atomic mass is 16.4. The quantitative estimate of drug-likeness (QED) is 0.257. The summed E-state index contributed by atoms with van der Waals surface area (Å²) in [6.45, 7) is 5.45. The Bertz CT molecular complexity index is 1350. The molecule has 1 fully saturated rings. The number of aliphatic hydroxyl groups excluding tert-OH is 1. The van der Waals surface area contributed by atoms with Crippen molar-refractivity contribution in [3.8, 4) is 0 Å². The van der Waals surface area contributed by atoms with Gasteiger partial charge in [-0.25, -0.2) is 14.6 Å². The normalized spacial score (nSPS) is 18.9. The fraction of sp³-hybridized carbons (Fsp3) is 0.517. The first-order chi connectivity index (χ1) is 19.0. The standard InChI is InChI=1S/C29H39N5O6/c1-16(2)13-22(32-29(39)30-19-9-11-20(35)12-10-19)26(36)31-23(27-33-25(28(37)38)17(3)40-27)14-18-15-34(4)24-8-6-5-7-21(18)24/h5-8,15-16,19-20,22-23,35H,9-14H2,1-4H3,(H,31,36)(H,37,38)(H2,30,32,39)/t19-,20-,22-,23+/m0/s1. The van der Waals surface area contributed by atoms with Crippen LogP contribution in [0.3, 0.4) is 0 Å². The van der Waals surface area contributed by atoms with Crippen molar-refractivity contribution in [2.75, 3.05) is 0 Å². The molecule has 3 amide bonds. The van der Waals surface area contributed by atoms with Crippen LogP contribution >= 0.6 is 0 Å². The van der Waals surface area contributed by atoms with Crippen LogP contribution in [0.2, 0.25) is 0 Å². The molecule has 1 aliphatic rings. The predicted molar refractivity (Wildman–Crippen MR) is 149 cm³/mol. The number of aromatic carboxylic acids is 1. The van der Waals surface area contributed by atoms with E-state index in [1.807, 2.05) is 55.9 Å². The fourth-order valence-electron chi connectivity index (χ4n) is 5.35. The van der Waals surface area contributed by atoms with E-state index in [2.05, 4.69) is 20.9 Å². The number of carboxylic acid groups (broad SMARTS) is 1. The van der Waals surface area contributed by atoms with Crippen molar-refractivity contribution in [2.24, 2.45) is 13.0 Å². The average Bonchev–Trinajstić information content (AvgIpc) is 3.44. The molecule has 1 aliphatic carbocycles. The number of aliphatic hydroxyl groups is 1. The summed E-state index contributed by atoms with van der Waals surface area (Å²) in [6.07, 6.45) is 4.95. The van der Waals surface area contributed by atoms with E-state index in [0.717, 1.165) is 16.5 Å². The molecule has 2 atom stereocenters. The monoisotopic (exact) mass is 553 g/mol. The van der Waals surface area contributed by atoms with E-state index >= 15 is 0 Å². The summed E-state index contributed by atoms with van der Waals surface area (Å²) in [7, 11) is 1.94. The first-order valence-corrected chi connectivity index (χ1v) is 13.8. The first-order valence-electron chi connectivity index (χ1n) is 13.8. The molecular formula is C29H39N5O6. The van der Waals surface area contributed by atoms with Crippen molar-refractivity contribution in [1.82, 2.24) is 25.5 Å². The number of benzene rings is 1. The Morgan fingerprint density at radius 3 is 2.48 bits per heavy atom. The van der Waals surface area contributed by atoms with Gasteiger partial charge in [-0.1, -0.05) is 32.0 Å². The van der Waals surface area contributed by atoms with Crippen LogP contribution in [0.15, 0.2) is 34.9 Å². The fourth-order valence-corrected chi connectivity index (χ4v) is 5.35. The van der Waals surface area contributed by atoms with Gasteiger partial charge in [-0.2, -0.15) is 0 Å². The second-order valence-corrected chi connectivity index (χ2v) is 11.1. The maximum atomic E-state index is 13.6. The number of fused-ring (bicyclic) bond motifs is 1. The van der Waals surface area contributed by atoms with Crippen LogP contribution in [0.4, 0.5) is 4.79 Å². The number of carboxylic acids is 1. The number of carbonyl (C=O) groups is 3. The number of hydrogen-bond acceptors (Lipinski definition) is 6. The predicted octanol–water partition coefficient (Wildman–Crippen LogP) is 3.59. The maximum absolute atomic E-state index is 13.6. The minimum atomic E-state index is -1.21. The van der Waals surface area contributed by atoms with Crippen LogP contribution in [0.5, 0.6) is 0 Å². The van der Waals surface area contributed by atoms with E-state index in [-0.39, 0.29) is 35.4 Å². The third kappa shape index (κ3) is 7.01. The van der Waals surface area contributed by atoms with Crippen LogP contribution < -0.4 is 16.0 Å². The van der Waals surface area contributed by atoms with Crippen molar-refractivity contribution in [3.63, 3.8) is 0 Å². The molecule has 0 aliphatic heterocycles. The zero-order valence-corrected chi connectivity index (χ0v) is 23.4. The Morgan fingerprint density at radius 1 is 1.12 bits per heavy atom. The number of aromatic nitrogens is 2. The lowest BCUT2D eigenvalue weighted by atomic mass is 9.93. The van der Waals surface area contributed by atoms with Crippen LogP contribution in [-0.4, -0.2) is 55.9 Å². The molecular weight excluding hydrogens is 514 g/mol. The summed E-state index contributed by atoms with van der Waals surface area (Å²) >= 11 is 0. The van der Waals surface area contributed by atoms with Gasteiger partial charge in [-0.3, -0.25) is 4.79 Å². The summed E-state index contributed by atoms with van der Waals surface area (Å²) in [4.78, 5) is 42.4. The minimum Gasteiger partial charge on any atom is -0.476 e. The van der Waals surface area contributed by atoms with Crippen LogP contribution in [-0.2, 0) is 18.3 Å². The first kappa shape index (κ1) is 29.1. The SMILES string of the molecule is Cc1oc([C@@H](Cc2cn(C)c3ccccc23)NC(=O)[C@H](CC(C)C)NC(=O)N[C@H]2CC[C@H](O)CC2)nc1C(=O)O. The number of nitrogens with zero attached hydrogens (tertiary/aromatic N) is 2. The van der Waals surface area contributed by atoms with Crippen molar-refractivity contribution < 1.29 is 29.0 Å². The Kier molecular flexibility index (Phi) is 9.14. The Labute approximate surface area is 233 Å². The van der Waals surface area contributed by atoms with Gasteiger partial charge in [0.1, 0.15) is 17.8 Å². The molecule has 11 nitrogen and oxygen atoms in total. The molecule has 0 radical (unpaired) electrons. The Balaban J connectivity index is 1.56. The lowest BCUT2D eigenvalue weighted by molar-refractivity contribution is -0.124. The second kappa shape index (κ2) is 12.5. The largest absolute Gasteiger partial charge is 0.476 e. The van der Waals surface area contributed by atoms with Gasteiger partial charge < -0.3 is 35.1 Å². The highest BCUT2D eigenvalue weighted by molar-refractivity contribution is 5.88. The highest BCUT2D eigenvalue weighted by Gasteiger charge is 2.30. The number of para-hydroxylation sites is 1. The van der Waals surface area contributed by atoms with E-state index in [4.69, 9.17) is 4.42 Å². The van der Waals surface area contributed by atoms with Gasteiger partial charge in [0.2, 0.25) is 11.8 Å². The van der Waals surface area contributed by atoms with Crippen molar-refractivity contribution >= 4 is 28.8 Å². The second-order valence-electron chi connectivity index (χ2n) is 11.1. The molecule has 2 heterocycles. The third-order valence-corrected chi connectivity index (χ3v) is 7.39. The van der Waals surface area contributed by atoms with Crippen molar-refractivity contribution in [2.45, 2.75) is 83.5 Å². The number of carbonyl (C=O) groups excluding carboxylic acids is 2. The molecule has 0 bridgehead atoms. The maximum Gasteiger partial charge on any atom is 0.358 e. The van der Waals surface area contributed by atoms with E-state index in [9.17, 15) is 24.6 Å². The highest BCUT2D eigenvalue weighted by Crippen LogP contribution is 2.27. The zero-order chi connectivity index (χ0) is 29.0. The van der Waals surface area contributed by atoms with E-state index in [1.165, 1.54) is 6.92 Å². The molecule has 4 rings (SSSR count). The van der Waals surface area contributed by atoms with E-state index in [1.54, 1.807) is 0 Å². The van der Waals surface area contributed by atoms with Gasteiger partial charge in [0.25, 0.3) is 0 Å². The van der Waals surface area contributed by atoms with Gasteiger partial charge in [-0.05, 0) is 56.6 Å². The number of amides is 3. The van der Waals surface area contributed by atoms with Crippen LogP contribution in [0.1, 0.15) is 79.7 Å². The number of hydrogen-bond donors (Lipinski definition) is 5. The number of aryl methyl sites for hydroxylation is 2.